The number of nitrogens with zero attached hydrogens (tertiary/aromatic N) is 3. The smallest absolute Gasteiger partial charge is 0.221 e. The lowest BCUT2D eigenvalue weighted by Gasteiger charge is -2.31. The highest BCUT2D eigenvalue weighted by Gasteiger charge is 2.24. The molecule has 0 aliphatic carbocycles. The molecule has 0 saturated carbocycles. The number of β-amino-alcohol motifs (C(OH)–C–C–N with tert-alkyl or cyclic N) is 1. The van der Waals surface area contributed by atoms with Crippen molar-refractivity contribution in [3.63, 3.8) is 0 Å². The Morgan fingerprint density at radius 2 is 2.07 bits per heavy atom. The molecular weight excluding hydrogens is 481 g/mol. The lowest BCUT2D eigenvalue weighted by atomic mass is 9.97. The van der Waals surface area contributed by atoms with Crippen LogP contribution < -0.4 is 11.1 Å². The number of primary amides is 1. The van der Waals surface area contributed by atoms with Crippen LogP contribution in [0.5, 0.6) is 0 Å². The third-order valence-electron chi connectivity index (χ3n) is 5.51. The molecule has 1 aromatic rings. The number of carbonyl (C=O) groups excluding carboxylic acids is 1. The molecule has 2 aliphatic rings. The second-order valence-corrected chi connectivity index (χ2v) is 7.86. The van der Waals surface area contributed by atoms with E-state index in [1.54, 1.807) is 0 Å². The zero-order valence-corrected chi connectivity index (χ0v) is 19.5. The fraction of sp³-hybridized carbons (Fsp3) is 0.619. The molecule has 0 bridgehead atoms. The van der Waals surface area contributed by atoms with Gasteiger partial charge in [-0.2, -0.15) is 0 Å². The molecule has 2 heterocycles. The van der Waals surface area contributed by atoms with E-state index in [1.165, 1.54) is 5.56 Å². The molecule has 0 aromatic heterocycles. The van der Waals surface area contributed by atoms with E-state index in [0.29, 0.717) is 13.1 Å². The molecular formula is C21H34IN5O2. The van der Waals surface area contributed by atoms with Gasteiger partial charge in [-0.1, -0.05) is 24.3 Å². The van der Waals surface area contributed by atoms with Gasteiger partial charge in [0.1, 0.15) is 0 Å². The molecule has 0 spiro atoms. The van der Waals surface area contributed by atoms with E-state index in [2.05, 4.69) is 46.3 Å². The number of benzene rings is 1. The first-order valence-electron chi connectivity index (χ1n) is 10.4. The Balaban J connectivity index is 0.00000300. The van der Waals surface area contributed by atoms with Gasteiger partial charge < -0.3 is 21.1 Å². The van der Waals surface area contributed by atoms with Crippen LogP contribution >= 0.6 is 24.0 Å². The number of likely N-dealkylation sites (tertiary alicyclic amines) is 2. The Morgan fingerprint density at radius 1 is 1.28 bits per heavy atom. The Hall–Kier alpha value is -1.39. The van der Waals surface area contributed by atoms with Gasteiger partial charge in [0.15, 0.2) is 5.96 Å². The number of nitrogens with two attached hydrogens (primary N) is 1. The zero-order valence-electron chi connectivity index (χ0n) is 17.2. The van der Waals surface area contributed by atoms with Gasteiger partial charge in [0.25, 0.3) is 0 Å². The van der Waals surface area contributed by atoms with Crippen LogP contribution in [0, 0.1) is 5.92 Å². The number of aliphatic imine (C=N–C) groups is 1. The minimum absolute atomic E-state index is 0. The number of aliphatic hydroxyl groups excluding tert-OH is 1. The summed E-state index contributed by atoms with van der Waals surface area (Å²) in [6.45, 7) is 7.53. The van der Waals surface area contributed by atoms with Crippen molar-refractivity contribution in [2.75, 3.05) is 32.7 Å². The molecule has 162 valence electrons. The van der Waals surface area contributed by atoms with Crippen LogP contribution in [0.1, 0.15) is 37.3 Å². The van der Waals surface area contributed by atoms with E-state index < -0.39 is 0 Å². The summed E-state index contributed by atoms with van der Waals surface area (Å²) >= 11 is 0. The van der Waals surface area contributed by atoms with Crippen molar-refractivity contribution < 1.29 is 9.90 Å². The standard InChI is InChI=1S/C21H33N5O2.HI/c1-2-23-21(26-10-8-19(27)15-26)24-12-16-5-3-6-17(11-16)13-25-9-4-7-18(14-25)20(22)28;/h3,5-6,11,18-19,27H,2,4,7-10,12-15H2,1H3,(H2,22,28)(H,23,24);1H/t18?,19-;/m1./s1. The predicted octanol–water partition coefficient (Wildman–Crippen LogP) is 1.53. The fourth-order valence-electron chi connectivity index (χ4n) is 4.04. The van der Waals surface area contributed by atoms with Crippen LogP contribution in [0.25, 0.3) is 0 Å². The van der Waals surface area contributed by atoms with E-state index in [0.717, 1.165) is 63.5 Å². The SMILES string of the molecule is CCNC(=NCc1cccc(CN2CCCC(C(N)=O)C2)c1)N1CC[C@@H](O)C1.I. The maximum Gasteiger partial charge on any atom is 0.221 e. The van der Waals surface area contributed by atoms with Crippen molar-refractivity contribution in [2.24, 2.45) is 16.6 Å². The van der Waals surface area contributed by atoms with Crippen LogP contribution in [0.15, 0.2) is 29.3 Å². The Kier molecular flexibility index (Phi) is 9.64. The first kappa shape index (κ1) is 23.9. The number of carbonyl (C=O) groups is 1. The summed E-state index contributed by atoms with van der Waals surface area (Å²) in [6.07, 6.45) is 2.45. The summed E-state index contributed by atoms with van der Waals surface area (Å²) in [4.78, 5) is 20.7. The van der Waals surface area contributed by atoms with E-state index in [4.69, 9.17) is 10.7 Å². The molecule has 1 aromatic carbocycles. The van der Waals surface area contributed by atoms with Crippen molar-refractivity contribution in [2.45, 2.75) is 45.4 Å². The molecule has 3 rings (SSSR count). The van der Waals surface area contributed by atoms with Gasteiger partial charge in [0.05, 0.1) is 18.6 Å². The number of rotatable bonds is 6. The molecule has 29 heavy (non-hydrogen) atoms. The van der Waals surface area contributed by atoms with Gasteiger partial charge in [-0.15, -0.1) is 24.0 Å². The number of nitrogens with one attached hydrogen (secondary N) is 1. The summed E-state index contributed by atoms with van der Waals surface area (Å²) in [7, 11) is 0. The van der Waals surface area contributed by atoms with E-state index in [9.17, 15) is 9.90 Å². The molecule has 2 fully saturated rings. The van der Waals surface area contributed by atoms with Crippen LogP contribution in [-0.4, -0.2) is 65.6 Å². The number of hydrogen-bond donors (Lipinski definition) is 3. The molecule has 1 unspecified atom stereocenters. The van der Waals surface area contributed by atoms with Crippen molar-refractivity contribution in [3.8, 4) is 0 Å². The van der Waals surface area contributed by atoms with E-state index in [-0.39, 0.29) is 41.9 Å². The van der Waals surface area contributed by atoms with Gasteiger partial charge in [-0.05, 0) is 43.9 Å². The molecule has 2 aliphatic heterocycles. The maximum absolute atomic E-state index is 11.5. The number of guanidine groups is 1. The summed E-state index contributed by atoms with van der Waals surface area (Å²) in [5, 5.41) is 13.1. The largest absolute Gasteiger partial charge is 0.391 e. The summed E-state index contributed by atoms with van der Waals surface area (Å²) in [5.41, 5.74) is 7.89. The van der Waals surface area contributed by atoms with Gasteiger partial charge in [-0.25, -0.2) is 4.99 Å². The topological polar surface area (TPSA) is 94.2 Å². The quantitative estimate of drug-likeness (QED) is 0.304. The monoisotopic (exact) mass is 515 g/mol. The van der Waals surface area contributed by atoms with Crippen molar-refractivity contribution >= 4 is 35.8 Å². The summed E-state index contributed by atoms with van der Waals surface area (Å²) < 4.78 is 0. The molecule has 8 heteroatoms. The number of hydrogen-bond acceptors (Lipinski definition) is 4. The molecule has 1 amide bonds. The average Bonchev–Trinajstić information content (AvgIpc) is 3.12. The summed E-state index contributed by atoms with van der Waals surface area (Å²) in [5.74, 6) is 0.653. The zero-order chi connectivity index (χ0) is 19.9. The molecule has 2 atom stereocenters. The van der Waals surface area contributed by atoms with Crippen LogP contribution in [-0.2, 0) is 17.9 Å². The minimum Gasteiger partial charge on any atom is -0.391 e. The third kappa shape index (κ3) is 7.11. The van der Waals surface area contributed by atoms with E-state index in [1.807, 2.05) is 0 Å². The van der Waals surface area contributed by atoms with Crippen LogP contribution in [0.4, 0.5) is 0 Å². The van der Waals surface area contributed by atoms with Crippen molar-refractivity contribution in [1.82, 2.24) is 15.1 Å². The minimum atomic E-state index is -0.263. The highest BCUT2D eigenvalue weighted by atomic mass is 127. The second-order valence-electron chi connectivity index (χ2n) is 7.86. The van der Waals surface area contributed by atoms with Crippen molar-refractivity contribution in [3.05, 3.63) is 35.4 Å². The van der Waals surface area contributed by atoms with Gasteiger partial charge in [-0.3, -0.25) is 9.69 Å². The van der Waals surface area contributed by atoms with Gasteiger partial charge in [0.2, 0.25) is 5.91 Å². The maximum atomic E-state index is 11.5. The number of piperidine rings is 1. The van der Waals surface area contributed by atoms with Crippen LogP contribution in [0.2, 0.25) is 0 Å². The predicted molar refractivity (Wildman–Crippen MR) is 126 cm³/mol. The van der Waals surface area contributed by atoms with Crippen LogP contribution in [0.3, 0.4) is 0 Å². The Bertz CT molecular complexity index is 699. The highest BCUT2D eigenvalue weighted by Crippen LogP contribution is 2.19. The molecule has 0 radical (unpaired) electrons. The summed E-state index contributed by atoms with van der Waals surface area (Å²) in [6, 6.07) is 8.49. The normalized spacial score (nSPS) is 23.0. The first-order chi connectivity index (χ1) is 13.5. The number of amides is 1. The first-order valence-corrected chi connectivity index (χ1v) is 10.4. The lowest BCUT2D eigenvalue weighted by Crippen LogP contribution is -2.40. The molecule has 7 nitrogen and oxygen atoms in total. The Morgan fingerprint density at radius 3 is 2.76 bits per heavy atom. The van der Waals surface area contributed by atoms with E-state index >= 15 is 0 Å². The molecule has 2 saturated heterocycles. The number of aliphatic hydroxyl groups is 1. The lowest BCUT2D eigenvalue weighted by molar-refractivity contribution is -0.123. The average molecular weight is 515 g/mol. The fourth-order valence-corrected chi connectivity index (χ4v) is 4.04. The Labute approximate surface area is 190 Å². The van der Waals surface area contributed by atoms with Gasteiger partial charge in [0, 0.05) is 32.7 Å². The van der Waals surface area contributed by atoms with Crippen molar-refractivity contribution in [1.29, 1.82) is 0 Å². The van der Waals surface area contributed by atoms with Gasteiger partial charge >= 0.3 is 0 Å². The highest BCUT2D eigenvalue weighted by molar-refractivity contribution is 14.0. The number of halogens is 1. The molecule has 4 N–H and O–H groups in total. The second kappa shape index (κ2) is 11.7. The third-order valence-corrected chi connectivity index (χ3v) is 5.51.